The van der Waals surface area contributed by atoms with Crippen LogP contribution in [0.1, 0.15) is 5.56 Å². The number of aromatic nitrogens is 2. The first-order valence-electron chi connectivity index (χ1n) is 9.32. The molecule has 1 heterocycles. The number of anilines is 2. The molecule has 3 aromatic carbocycles. The second-order valence-corrected chi connectivity index (χ2v) is 7.59. The highest BCUT2D eigenvalue weighted by molar-refractivity contribution is 9.10. The Labute approximate surface area is 192 Å². The number of ether oxygens (including phenoxy) is 1. The number of carbonyl (C=O) groups is 1. The maximum atomic E-state index is 13.4. The van der Waals surface area contributed by atoms with Crippen molar-refractivity contribution in [3.63, 3.8) is 0 Å². The fourth-order valence-corrected chi connectivity index (χ4v) is 3.39. The summed E-state index contributed by atoms with van der Waals surface area (Å²) in [6.45, 7) is 0. The summed E-state index contributed by atoms with van der Waals surface area (Å²) in [6, 6.07) is 12.9. The smallest absolute Gasteiger partial charge is 0.417 e. The second kappa shape index (κ2) is 9.02. The Morgan fingerprint density at radius 3 is 2.33 bits per heavy atom. The van der Waals surface area contributed by atoms with Crippen molar-refractivity contribution in [2.45, 2.75) is 6.18 Å². The van der Waals surface area contributed by atoms with Gasteiger partial charge in [-0.15, -0.1) is 0 Å². The number of alkyl halides is 3. The van der Waals surface area contributed by atoms with E-state index in [1.807, 2.05) is 0 Å². The van der Waals surface area contributed by atoms with E-state index in [0.717, 1.165) is 6.07 Å². The van der Waals surface area contributed by atoms with Crippen LogP contribution >= 0.6 is 15.9 Å². The number of hydrogen-bond donors (Lipinski definition) is 2. The number of benzene rings is 3. The van der Waals surface area contributed by atoms with Crippen molar-refractivity contribution >= 4 is 44.2 Å². The summed E-state index contributed by atoms with van der Waals surface area (Å²) < 4.78 is 58.0. The van der Waals surface area contributed by atoms with Gasteiger partial charge in [0.1, 0.15) is 17.9 Å². The van der Waals surface area contributed by atoms with E-state index in [0.29, 0.717) is 22.3 Å². The van der Waals surface area contributed by atoms with Gasteiger partial charge in [-0.2, -0.15) is 13.2 Å². The van der Waals surface area contributed by atoms with Gasteiger partial charge in [0.15, 0.2) is 0 Å². The molecule has 0 bridgehead atoms. The molecular formula is C22H13BrF4N4O2. The summed E-state index contributed by atoms with van der Waals surface area (Å²) in [6.07, 6.45) is -3.31. The zero-order valence-corrected chi connectivity index (χ0v) is 18.0. The molecule has 2 N–H and O–H groups in total. The Morgan fingerprint density at radius 1 is 0.909 bits per heavy atom. The topological polar surface area (TPSA) is 76.1 Å². The molecule has 2 amide bonds. The highest BCUT2D eigenvalue weighted by Crippen LogP contribution is 2.36. The monoisotopic (exact) mass is 520 g/mol. The van der Waals surface area contributed by atoms with Gasteiger partial charge in [0.25, 0.3) is 0 Å². The fourth-order valence-electron chi connectivity index (χ4n) is 2.92. The molecule has 0 aliphatic carbocycles. The minimum Gasteiger partial charge on any atom is -0.438 e. The van der Waals surface area contributed by atoms with Crippen LogP contribution in [-0.4, -0.2) is 16.0 Å². The van der Waals surface area contributed by atoms with E-state index < -0.39 is 23.6 Å². The third-order valence-corrected chi connectivity index (χ3v) is 5.11. The highest BCUT2D eigenvalue weighted by Gasteiger charge is 2.33. The van der Waals surface area contributed by atoms with Gasteiger partial charge in [-0.3, -0.25) is 0 Å². The minimum atomic E-state index is -4.56. The largest absolute Gasteiger partial charge is 0.438 e. The number of urea groups is 1. The number of nitrogens with zero attached hydrogens (tertiary/aromatic N) is 2. The summed E-state index contributed by atoms with van der Waals surface area (Å²) in [5, 5.41) is 5.41. The van der Waals surface area contributed by atoms with Gasteiger partial charge in [0, 0.05) is 21.9 Å². The molecule has 4 rings (SSSR count). The molecule has 0 unspecified atom stereocenters. The van der Waals surface area contributed by atoms with Gasteiger partial charge in [0.2, 0.25) is 5.88 Å². The Balaban J connectivity index is 1.43. The highest BCUT2D eigenvalue weighted by atomic mass is 79.9. The summed E-state index contributed by atoms with van der Waals surface area (Å²) >= 11 is 2.85. The van der Waals surface area contributed by atoms with E-state index in [4.69, 9.17) is 4.74 Å². The average Bonchev–Trinajstić information content (AvgIpc) is 2.75. The molecule has 1 aromatic heterocycles. The van der Waals surface area contributed by atoms with E-state index in [2.05, 4.69) is 36.5 Å². The predicted molar refractivity (Wildman–Crippen MR) is 118 cm³/mol. The minimum absolute atomic E-state index is 0.0185. The van der Waals surface area contributed by atoms with Crippen molar-refractivity contribution in [3.05, 3.63) is 82.8 Å². The maximum Gasteiger partial charge on any atom is 0.417 e. The van der Waals surface area contributed by atoms with Crippen LogP contribution in [0.5, 0.6) is 11.6 Å². The molecule has 0 aliphatic heterocycles. The third kappa shape index (κ3) is 5.37. The number of carbonyl (C=O) groups excluding carboxylic acids is 1. The zero-order valence-electron chi connectivity index (χ0n) is 16.5. The number of halogens is 5. The molecular weight excluding hydrogens is 508 g/mol. The van der Waals surface area contributed by atoms with E-state index in [1.165, 1.54) is 36.7 Å². The fraction of sp³-hybridized carbons (Fsp3) is 0.0455. The van der Waals surface area contributed by atoms with Crippen LogP contribution < -0.4 is 15.4 Å². The molecule has 0 spiro atoms. The molecule has 6 nitrogen and oxygen atoms in total. The number of nitrogens with one attached hydrogen (secondary N) is 2. The van der Waals surface area contributed by atoms with Crippen LogP contribution in [-0.2, 0) is 6.18 Å². The van der Waals surface area contributed by atoms with E-state index in [-0.39, 0.29) is 16.0 Å². The van der Waals surface area contributed by atoms with Crippen molar-refractivity contribution in [1.29, 1.82) is 0 Å². The van der Waals surface area contributed by atoms with Crippen LogP contribution in [0, 0.1) is 5.82 Å². The standard InChI is InChI=1S/C22H13BrF4N4O2/c23-18-8-4-14(10-17(18)22(25,26)27)31-21(32)30-13-2-5-15(6-3-13)33-20-16-7-1-12(24)9-19(16)28-11-29-20/h1-11H,(H2,30,31,32). The van der Waals surface area contributed by atoms with E-state index in [9.17, 15) is 22.4 Å². The van der Waals surface area contributed by atoms with Crippen LogP contribution in [0.2, 0.25) is 0 Å². The number of hydrogen-bond acceptors (Lipinski definition) is 4. The lowest BCUT2D eigenvalue weighted by Crippen LogP contribution is -2.19. The maximum absolute atomic E-state index is 13.4. The number of fused-ring (bicyclic) bond motifs is 1. The molecule has 0 fully saturated rings. The van der Waals surface area contributed by atoms with Crippen LogP contribution in [0.3, 0.4) is 0 Å². The molecule has 0 aliphatic rings. The van der Waals surface area contributed by atoms with Crippen LogP contribution in [0.15, 0.2) is 71.5 Å². The van der Waals surface area contributed by atoms with Crippen molar-refractivity contribution < 1.29 is 27.1 Å². The summed E-state index contributed by atoms with van der Waals surface area (Å²) in [4.78, 5) is 20.2. The zero-order chi connectivity index (χ0) is 23.6. The second-order valence-electron chi connectivity index (χ2n) is 6.74. The van der Waals surface area contributed by atoms with Gasteiger partial charge in [-0.1, -0.05) is 15.9 Å². The third-order valence-electron chi connectivity index (χ3n) is 4.42. The lowest BCUT2D eigenvalue weighted by atomic mass is 10.2. The Kier molecular flexibility index (Phi) is 6.14. The van der Waals surface area contributed by atoms with Gasteiger partial charge < -0.3 is 15.4 Å². The molecule has 0 saturated heterocycles. The lowest BCUT2D eigenvalue weighted by Gasteiger charge is -2.13. The average molecular weight is 521 g/mol. The molecule has 4 aromatic rings. The normalized spacial score (nSPS) is 11.3. The molecule has 33 heavy (non-hydrogen) atoms. The lowest BCUT2D eigenvalue weighted by molar-refractivity contribution is -0.138. The summed E-state index contributed by atoms with van der Waals surface area (Å²) in [5.41, 5.74) is -0.156. The quantitative estimate of drug-likeness (QED) is 0.284. The first-order valence-corrected chi connectivity index (χ1v) is 10.1. The van der Waals surface area contributed by atoms with Gasteiger partial charge in [0.05, 0.1) is 16.5 Å². The summed E-state index contributed by atoms with van der Waals surface area (Å²) in [5.74, 6) is 0.195. The van der Waals surface area contributed by atoms with Crippen molar-refractivity contribution in [3.8, 4) is 11.6 Å². The first kappa shape index (κ1) is 22.5. The molecule has 0 radical (unpaired) electrons. The molecule has 11 heteroatoms. The SMILES string of the molecule is O=C(Nc1ccc(Oc2ncnc3cc(F)ccc23)cc1)Nc1ccc(Br)c(C(F)(F)F)c1. The van der Waals surface area contributed by atoms with Crippen molar-refractivity contribution in [2.75, 3.05) is 10.6 Å². The molecule has 168 valence electrons. The van der Waals surface area contributed by atoms with Gasteiger partial charge >= 0.3 is 12.2 Å². The summed E-state index contributed by atoms with van der Waals surface area (Å²) in [7, 11) is 0. The Bertz CT molecular complexity index is 1330. The van der Waals surface area contributed by atoms with Crippen molar-refractivity contribution in [2.24, 2.45) is 0 Å². The Hall–Kier alpha value is -3.73. The molecule has 0 atom stereocenters. The van der Waals surface area contributed by atoms with Crippen LogP contribution in [0.25, 0.3) is 10.9 Å². The van der Waals surface area contributed by atoms with E-state index >= 15 is 0 Å². The van der Waals surface area contributed by atoms with Crippen LogP contribution in [0.4, 0.5) is 33.7 Å². The van der Waals surface area contributed by atoms with Crippen molar-refractivity contribution in [1.82, 2.24) is 9.97 Å². The van der Waals surface area contributed by atoms with Gasteiger partial charge in [-0.05, 0) is 54.6 Å². The first-order chi connectivity index (χ1) is 15.7. The predicted octanol–water partition coefficient (Wildman–Crippen LogP) is 6.99. The van der Waals surface area contributed by atoms with Gasteiger partial charge in [-0.25, -0.2) is 19.2 Å². The Morgan fingerprint density at radius 2 is 1.61 bits per heavy atom. The van der Waals surface area contributed by atoms with E-state index in [1.54, 1.807) is 24.3 Å². The number of amides is 2. The number of rotatable bonds is 4. The molecule has 0 saturated carbocycles.